The molecule has 2 saturated heterocycles. The zero-order valence-corrected chi connectivity index (χ0v) is 13.0. The van der Waals surface area contributed by atoms with E-state index < -0.39 is 67.5 Å². The summed E-state index contributed by atoms with van der Waals surface area (Å²) >= 11 is 0.584. The average Bonchev–Trinajstić information content (AvgIpc) is 3.00. The smallest absolute Gasteiger partial charge is 0.399 e. The van der Waals surface area contributed by atoms with Crippen molar-refractivity contribution in [1.82, 2.24) is 9.88 Å². The van der Waals surface area contributed by atoms with Gasteiger partial charge in [-0.25, -0.2) is 4.98 Å². The summed E-state index contributed by atoms with van der Waals surface area (Å²) in [5.41, 5.74) is -1.56. The molecule has 5 nitrogen and oxygen atoms in total. The number of nitrogens with zero attached hydrogens (tertiary/aromatic N) is 3. The van der Waals surface area contributed by atoms with Gasteiger partial charge in [0.15, 0.2) is 5.13 Å². The van der Waals surface area contributed by atoms with Crippen LogP contribution in [0.3, 0.4) is 0 Å². The van der Waals surface area contributed by atoms with E-state index in [2.05, 4.69) is 4.98 Å². The molecule has 2 fully saturated rings. The molecule has 0 saturated carbocycles. The maximum absolute atomic E-state index is 8.34. The predicted octanol–water partition coefficient (Wildman–Crippen LogP) is 1.19. The lowest BCUT2D eigenvalue weighted by Gasteiger charge is -2.32. The average molecular weight is 321 g/mol. The van der Waals surface area contributed by atoms with E-state index in [-0.39, 0.29) is 9.68 Å². The van der Waals surface area contributed by atoms with Crippen LogP contribution in [0.15, 0.2) is 6.17 Å². The highest BCUT2D eigenvalue weighted by Crippen LogP contribution is 2.37. The van der Waals surface area contributed by atoms with Crippen molar-refractivity contribution in [2.24, 2.45) is 0 Å². The first-order valence-electron chi connectivity index (χ1n) is 12.4. The molecule has 0 aliphatic carbocycles. The zero-order valence-electron chi connectivity index (χ0n) is 24.1. The van der Waals surface area contributed by atoms with Crippen LogP contribution in [0.5, 0.6) is 0 Å². The second-order valence-corrected chi connectivity index (χ2v) is 6.69. The van der Waals surface area contributed by atoms with Crippen molar-refractivity contribution >= 4 is 28.4 Å². The second kappa shape index (κ2) is 5.23. The molecule has 0 N–H and O–H groups in total. The number of aromatic nitrogens is 1. The summed E-state index contributed by atoms with van der Waals surface area (Å²) in [4.78, 5) is 3.58. The summed E-state index contributed by atoms with van der Waals surface area (Å²) in [5, 5.41) is -0.558. The van der Waals surface area contributed by atoms with Gasteiger partial charge in [0.05, 0.1) is 22.8 Å². The largest absolute Gasteiger partial charge is 0.507 e. The summed E-state index contributed by atoms with van der Waals surface area (Å²) in [5.74, 6) is 0. The van der Waals surface area contributed by atoms with Crippen LogP contribution in [-0.2, 0) is 9.31 Å². The number of rotatable bonds is 2. The molecular formula is C14H24BN3O2S. The maximum atomic E-state index is 8.34. The molecular weight excluding hydrogens is 285 g/mol. The Balaban J connectivity index is 2.15. The number of anilines is 1. The fraction of sp³-hybridized carbons (Fsp3) is 0.786. The molecule has 2 aliphatic heterocycles. The summed E-state index contributed by atoms with van der Waals surface area (Å²) in [7, 11) is -1.09. The molecule has 7 heteroatoms. The minimum absolute atomic E-state index is 0.0506. The zero-order chi connectivity index (χ0) is 25.8. The van der Waals surface area contributed by atoms with E-state index in [1.54, 1.807) is 27.7 Å². The Hall–Kier alpha value is -0.625. The molecule has 0 radical (unpaired) electrons. The van der Waals surface area contributed by atoms with Crippen molar-refractivity contribution in [3.8, 4) is 0 Å². The molecule has 21 heavy (non-hydrogen) atoms. The Morgan fingerprint density at radius 3 is 2.48 bits per heavy atom. The quantitative estimate of drug-likeness (QED) is 0.765. The van der Waals surface area contributed by atoms with Crippen LogP contribution in [0, 0.1) is 0 Å². The van der Waals surface area contributed by atoms with Gasteiger partial charge in [-0.3, -0.25) is 0 Å². The molecule has 3 rings (SSSR count). The third kappa shape index (κ3) is 2.84. The fourth-order valence-corrected chi connectivity index (χ4v) is 2.50. The van der Waals surface area contributed by atoms with Gasteiger partial charge in [0.2, 0.25) is 0 Å². The first-order chi connectivity index (χ1) is 14.4. The summed E-state index contributed by atoms with van der Waals surface area (Å²) in [6.07, 6.45) is -0.445. The fourth-order valence-electron chi connectivity index (χ4n) is 1.75. The van der Waals surface area contributed by atoms with Crippen LogP contribution in [-0.4, -0.2) is 61.2 Å². The molecule has 2 aliphatic rings. The highest BCUT2D eigenvalue weighted by atomic mass is 32.1. The normalized spacial score (nSPS) is 44.2. The second-order valence-electron chi connectivity index (χ2n) is 5.68. The van der Waals surface area contributed by atoms with Crippen LogP contribution in [0.1, 0.15) is 44.1 Å². The van der Waals surface area contributed by atoms with Crippen molar-refractivity contribution < 1.29 is 25.8 Å². The topological polar surface area (TPSA) is 37.8 Å². The first kappa shape index (κ1) is 6.47. The molecule has 0 spiro atoms. The first-order valence-corrected chi connectivity index (χ1v) is 7.18. The van der Waals surface area contributed by atoms with Crippen LogP contribution in [0.25, 0.3) is 0 Å². The van der Waals surface area contributed by atoms with Gasteiger partial charge in [-0.1, -0.05) is 0 Å². The van der Waals surface area contributed by atoms with Gasteiger partial charge in [-0.05, 0) is 34.7 Å². The molecule has 0 unspecified atom stereocenters. The van der Waals surface area contributed by atoms with Crippen molar-refractivity contribution in [3.63, 3.8) is 0 Å². The number of piperazine rings is 1. The van der Waals surface area contributed by atoms with Gasteiger partial charge < -0.3 is 19.1 Å². The Kier molecular flexibility index (Phi) is 1.61. The van der Waals surface area contributed by atoms with E-state index in [0.29, 0.717) is 11.3 Å². The molecule has 3 heterocycles. The molecule has 0 aromatic carbocycles. The van der Waals surface area contributed by atoms with Crippen molar-refractivity contribution in [2.75, 3.05) is 37.9 Å². The highest BCUT2D eigenvalue weighted by Gasteiger charge is 2.52. The minimum atomic E-state index is -3.52. The highest BCUT2D eigenvalue weighted by molar-refractivity contribution is 7.25. The van der Waals surface area contributed by atoms with E-state index >= 15 is 0 Å². The van der Waals surface area contributed by atoms with E-state index in [4.69, 9.17) is 25.8 Å². The van der Waals surface area contributed by atoms with E-state index in [1.165, 1.54) is 0 Å². The molecule has 0 bridgehead atoms. The molecule has 1 aromatic rings. The van der Waals surface area contributed by atoms with Gasteiger partial charge in [0.25, 0.3) is 0 Å². The number of hydrogen-bond donors (Lipinski definition) is 0. The van der Waals surface area contributed by atoms with Crippen LogP contribution >= 0.6 is 11.3 Å². The third-order valence-corrected chi connectivity index (χ3v) is 4.63. The van der Waals surface area contributed by atoms with Crippen LogP contribution in [0.4, 0.5) is 5.13 Å². The maximum Gasteiger partial charge on any atom is 0.507 e. The van der Waals surface area contributed by atoms with Gasteiger partial charge in [0.1, 0.15) is 0 Å². The standard InChI is InChI=1S/C14H24BN3O2S/c1-13(2)14(3,4)20-15(19-13)11-10-16-12(21-11)18-8-6-17(5)7-9-18/h10H,6-9H2,1-5H3/i5D3,6D2,7D2,8D2,9D2,10D. The van der Waals surface area contributed by atoms with Gasteiger partial charge in [-0.15, -0.1) is 11.3 Å². The third-order valence-electron chi connectivity index (χ3n) is 3.67. The van der Waals surface area contributed by atoms with E-state index in [1.807, 2.05) is 0 Å². The minimum Gasteiger partial charge on any atom is -0.399 e. The Labute approximate surface area is 148 Å². The number of hydrogen-bond acceptors (Lipinski definition) is 6. The van der Waals surface area contributed by atoms with Gasteiger partial charge in [-0.2, -0.15) is 0 Å². The van der Waals surface area contributed by atoms with Crippen LogP contribution < -0.4 is 9.68 Å². The SMILES string of the molecule is [2H]c1nc(N2C([2H])([2H])C([2H])([2H])N(C([2H])([2H])[2H])C([2H])([2H])C2([2H])[2H])sc1B1OC(C)(C)C(C)(C)O1. The monoisotopic (exact) mass is 321 g/mol. The lowest BCUT2D eigenvalue weighted by atomic mass is 9.89. The molecule has 1 aromatic heterocycles. The van der Waals surface area contributed by atoms with E-state index in [9.17, 15) is 0 Å². The Morgan fingerprint density at radius 2 is 1.90 bits per heavy atom. The van der Waals surface area contributed by atoms with Crippen molar-refractivity contribution in [3.05, 3.63) is 6.17 Å². The molecule has 0 amide bonds. The Bertz CT molecular complexity index is 906. The Morgan fingerprint density at radius 1 is 1.29 bits per heavy atom. The lowest BCUT2D eigenvalue weighted by Crippen LogP contribution is -2.44. The molecule has 116 valence electrons. The van der Waals surface area contributed by atoms with Crippen molar-refractivity contribution in [2.45, 2.75) is 38.9 Å². The molecule has 0 atom stereocenters. The lowest BCUT2D eigenvalue weighted by molar-refractivity contribution is 0.00578. The van der Waals surface area contributed by atoms with Crippen molar-refractivity contribution in [1.29, 1.82) is 0 Å². The number of likely N-dealkylation sites (N-methyl/N-ethyl adjacent to an activating group) is 1. The van der Waals surface area contributed by atoms with Gasteiger partial charge >= 0.3 is 7.12 Å². The van der Waals surface area contributed by atoms with E-state index in [0.717, 1.165) is 0 Å². The predicted molar refractivity (Wildman–Crippen MR) is 87.5 cm³/mol. The summed E-state index contributed by atoms with van der Waals surface area (Å²) in [6.45, 7) is -10.3. The summed E-state index contributed by atoms with van der Waals surface area (Å²) in [6, 6.07) is 0. The van der Waals surface area contributed by atoms with Crippen LogP contribution in [0.2, 0.25) is 0 Å². The summed E-state index contributed by atoms with van der Waals surface area (Å²) < 4.78 is 109. The number of thiazole rings is 1. The van der Waals surface area contributed by atoms with Gasteiger partial charge in [0, 0.05) is 41.8 Å².